The molecular formula is C40H58O2. The zero-order valence-corrected chi connectivity index (χ0v) is 28.2. The second-order valence-corrected chi connectivity index (χ2v) is 13.1. The van der Waals surface area contributed by atoms with Crippen molar-refractivity contribution in [2.45, 2.75) is 113 Å². The summed E-state index contributed by atoms with van der Waals surface area (Å²) in [5, 5.41) is 19.8. The smallest absolute Gasteiger partial charge is 0.0849 e. The molecule has 2 N–H and O–H groups in total. The van der Waals surface area contributed by atoms with Gasteiger partial charge in [-0.1, -0.05) is 138 Å². The van der Waals surface area contributed by atoms with Crippen molar-refractivity contribution >= 4 is 0 Å². The van der Waals surface area contributed by atoms with E-state index in [0.717, 1.165) is 12.0 Å². The summed E-state index contributed by atoms with van der Waals surface area (Å²) in [6.07, 6.45) is 36.2. The van der Waals surface area contributed by atoms with Crippen LogP contribution in [0, 0.1) is 5.41 Å². The van der Waals surface area contributed by atoms with Gasteiger partial charge in [0.05, 0.1) is 11.7 Å². The highest BCUT2D eigenvalue weighted by molar-refractivity contribution is 5.37. The molecule has 0 aromatic rings. The monoisotopic (exact) mass is 570 g/mol. The second-order valence-electron chi connectivity index (χ2n) is 13.1. The molecule has 2 nitrogen and oxygen atoms in total. The highest BCUT2D eigenvalue weighted by Crippen LogP contribution is 2.40. The molecule has 0 aromatic carbocycles. The Kier molecular flexibility index (Phi) is 16.4. The molecular weight excluding hydrogens is 512 g/mol. The Morgan fingerprint density at radius 1 is 0.762 bits per heavy atom. The Morgan fingerprint density at radius 3 is 1.69 bits per heavy atom. The minimum absolute atomic E-state index is 0.278. The zero-order valence-electron chi connectivity index (χ0n) is 28.2. The lowest BCUT2D eigenvalue weighted by atomic mass is 9.72. The topological polar surface area (TPSA) is 40.5 Å². The standard InChI is InChI=1S/C40H58O2/c1-31(19-13-21-33(3)22-15-24-35(5)27-29-38(41)40(9,10)42)17-11-12-18-32(2)20-14-23-34(4)26-28-37-36(6)25-16-30-39(37,7)8/h11-15,17-24,26,28,38,41-42H,16,25,27,29-30H2,1-10H3/b12-11+,19-13+,20-14+,22-15+,28-26+,31-17+,32-18+,33-21+,34-23+,35-24+. The molecule has 0 heterocycles. The van der Waals surface area contributed by atoms with Crippen LogP contribution in [0.1, 0.15) is 101 Å². The molecule has 1 aliphatic rings. The quantitative estimate of drug-likeness (QED) is 0.204. The van der Waals surface area contributed by atoms with E-state index in [2.05, 4.69) is 134 Å². The van der Waals surface area contributed by atoms with E-state index >= 15 is 0 Å². The summed E-state index contributed by atoms with van der Waals surface area (Å²) in [4.78, 5) is 0. The number of aliphatic hydroxyl groups is 2. The van der Waals surface area contributed by atoms with Crippen molar-refractivity contribution in [3.8, 4) is 0 Å². The summed E-state index contributed by atoms with van der Waals surface area (Å²) >= 11 is 0. The first-order chi connectivity index (χ1) is 19.6. The van der Waals surface area contributed by atoms with Crippen LogP contribution in [0.4, 0.5) is 0 Å². The number of rotatable bonds is 14. The molecule has 2 heteroatoms. The maximum atomic E-state index is 9.96. The van der Waals surface area contributed by atoms with E-state index in [4.69, 9.17) is 0 Å². The first kappa shape index (κ1) is 37.1. The second kappa shape index (κ2) is 18.6. The molecule has 1 atom stereocenters. The highest BCUT2D eigenvalue weighted by Gasteiger charge is 2.26. The van der Waals surface area contributed by atoms with Gasteiger partial charge in [-0.05, 0) is 98.5 Å². The molecule has 230 valence electrons. The minimum atomic E-state index is -1.06. The Hall–Kier alpha value is -2.94. The predicted molar refractivity (Wildman–Crippen MR) is 186 cm³/mol. The van der Waals surface area contributed by atoms with Crippen molar-refractivity contribution in [3.05, 3.63) is 130 Å². The van der Waals surface area contributed by atoms with E-state index in [-0.39, 0.29) is 5.41 Å². The molecule has 42 heavy (non-hydrogen) atoms. The number of aliphatic hydroxyl groups excluding tert-OH is 1. The van der Waals surface area contributed by atoms with Gasteiger partial charge in [0.15, 0.2) is 0 Å². The van der Waals surface area contributed by atoms with Gasteiger partial charge in [-0.3, -0.25) is 0 Å². The van der Waals surface area contributed by atoms with E-state index in [1.54, 1.807) is 13.8 Å². The Labute approximate surface area is 258 Å². The lowest BCUT2D eigenvalue weighted by Gasteiger charge is -2.32. The van der Waals surface area contributed by atoms with Crippen molar-refractivity contribution < 1.29 is 10.2 Å². The molecule has 0 bridgehead atoms. The zero-order chi connectivity index (χ0) is 31.8. The average Bonchev–Trinajstić information content (AvgIpc) is 2.88. The van der Waals surface area contributed by atoms with E-state index in [0.29, 0.717) is 6.42 Å². The molecule has 1 rings (SSSR count). The van der Waals surface area contributed by atoms with Crippen LogP contribution in [-0.2, 0) is 0 Å². The maximum absolute atomic E-state index is 9.96. The number of allylic oxidation sites excluding steroid dienone is 22. The summed E-state index contributed by atoms with van der Waals surface area (Å²) in [7, 11) is 0. The van der Waals surface area contributed by atoms with Crippen molar-refractivity contribution in [3.63, 3.8) is 0 Å². The summed E-state index contributed by atoms with van der Waals surface area (Å²) in [5.74, 6) is 0. The van der Waals surface area contributed by atoms with Crippen LogP contribution in [0.3, 0.4) is 0 Å². The summed E-state index contributed by atoms with van der Waals surface area (Å²) in [6, 6.07) is 0. The molecule has 0 aromatic heterocycles. The number of hydrogen-bond acceptors (Lipinski definition) is 2. The molecule has 0 amide bonds. The van der Waals surface area contributed by atoms with Gasteiger partial charge in [0.1, 0.15) is 0 Å². The minimum Gasteiger partial charge on any atom is -0.390 e. The molecule has 0 aliphatic heterocycles. The lowest BCUT2D eigenvalue weighted by Crippen LogP contribution is -2.35. The van der Waals surface area contributed by atoms with Crippen LogP contribution in [0.5, 0.6) is 0 Å². The third-order valence-electron chi connectivity index (χ3n) is 7.69. The van der Waals surface area contributed by atoms with Gasteiger partial charge in [-0.2, -0.15) is 0 Å². The Balaban J connectivity index is 2.58. The van der Waals surface area contributed by atoms with Gasteiger partial charge in [-0.25, -0.2) is 0 Å². The van der Waals surface area contributed by atoms with Crippen LogP contribution in [-0.4, -0.2) is 21.9 Å². The maximum Gasteiger partial charge on any atom is 0.0849 e. The van der Waals surface area contributed by atoms with E-state index in [1.807, 2.05) is 13.0 Å². The molecule has 1 aliphatic carbocycles. The van der Waals surface area contributed by atoms with Crippen molar-refractivity contribution in [2.24, 2.45) is 5.41 Å². The summed E-state index contributed by atoms with van der Waals surface area (Å²) in [6.45, 7) is 20.8. The molecule has 1 unspecified atom stereocenters. The first-order valence-electron chi connectivity index (χ1n) is 15.5. The molecule has 0 spiro atoms. The predicted octanol–water partition coefficient (Wildman–Crippen LogP) is 10.9. The van der Waals surface area contributed by atoms with Crippen LogP contribution >= 0.6 is 0 Å². The van der Waals surface area contributed by atoms with Crippen molar-refractivity contribution in [2.75, 3.05) is 0 Å². The van der Waals surface area contributed by atoms with Crippen LogP contribution < -0.4 is 0 Å². The largest absolute Gasteiger partial charge is 0.390 e. The summed E-state index contributed by atoms with van der Waals surface area (Å²) < 4.78 is 0. The van der Waals surface area contributed by atoms with Crippen molar-refractivity contribution in [1.82, 2.24) is 0 Å². The number of hydrogen-bond donors (Lipinski definition) is 2. The van der Waals surface area contributed by atoms with Gasteiger partial charge < -0.3 is 10.2 Å². The van der Waals surface area contributed by atoms with E-state index in [9.17, 15) is 10.2 Å². The van der Waals surface area contributed by atoms with Gasteiger partial charge in [0.2, 0.25) is 0 Å². The van der Waals surface area contributed by atoms with E-state index < -0.39 is 11.7 Å². The van der Waals surface area contributed by atoms with Crippen molar-refractivity contribution in [1.29, 1.82) is 0 Å². The molecule has 0 fully saturated rings. The van der Waals surface area contributed by atoms with Gasteiger partial charge in [0.25, 0.3) is 0 Å². The fraction of sp³-hybridized carbons (Fsp3) is 0.450. The Bertz CT molecular complexity index is 1200. The van der Waals surface area contributed by atoms with Gasteiger partial charge >= 0.3 is 0 Å². The fourth-order valence-corrected chi connectivity index (χ4v) is 4.73. The van der Waals surface area contributed by atoms with Gasteiger partial charge in [-0.15, -0.1) is 0 Å². The molecule has 0 saturated carbocycles. The third kappa shape index (κ3) is 15.9. The van der Waals surface area contributed by atoms with Crippen LogP contribution in [0.15, 0.2) is 130 Å². The molecule has 0 saturated heterocycles. The average molecular weight is 571 g/mol. The van der Waals surface area contributed by atoms with E-state index in [1.165, 1.54) is 52.7 Å². The third-order valence-corrected chi connectivity index (χ3v) is 7.69. The normalized spacial score (nSPS) is 19.6. The van der Waals surface area contributed by atoms with Gasteiger partial charge in [0, 0.05) is 0 Å². The lowest BCUT2D eigenvalue weighted by molar-refractivity contribution is -0.0509. The Morgan fingerprint density at radius 2 is 1.21 bits per heavy atom. The van der Waals surface area contributed by atoms with Crippen LogP contribution in [0.25, 0.3) is 0 Å². The highest BCUT2D eigenvalue weighted by atomic mass is 16.3. The first-order valence-corrected chi connectivity index (χ1v) is 15.5. The SMILES string of the molecule is CC1=C(/C=C/C(C)=C/C=C/C(C)=C/C=C/C=C(C)/C=C/C=C(C)/C=C/C=C(\C)CCC(O)C(C)(C)O)C(C)(C)CCC1. The summed E-state index contributed by atoms with van der Waals surface area (Å²) in [5.41, 5.74) is 8.23. The fourth-order valence-electron chi connectivity index (χ4n) is 4.73. The molecule has 0 radical (unpaired) electrons. The van der Waals surface area contributed by atoms with Crippen LogP contribution in [0.2, 0.25) is 0 Å².